The van der Waals surface area contributed by atoms with Crippen LogP contribution in [0.5, 0.6) is 0 Å². The molecule has 2 aromatic rings. The molecule has 0 aliphatic carbocycles. The van der Waals surface area contributed by atoms with Gasteiger partial charge in [-0.2, -0.15) is 0 Å². The zero-order valence-corrected chi connectivity index (χ0v) is 11.5. The molecule has 0 atom stereocenters. The largest absolute Gasteiger partial charge is 0.478 e. The lowest BCUT2D eigenvalue weighted by Gasteiger charge is -2.19. The van der Waals surface area contributed by atoms with E-state index in [-0.39, 0.29) is 11.1 Å². The van der Waals surface area contributed by atoms with Gasteiger partial charge in [-0.1, -0.05) is 18.2 Å². The van der Waals surface area contributed by atoms with Crippen molar-refractivity contribution in [2.24, 2.45) is 0 Å². The standard InChI is InChI=1S/C15H17NO4/c1-15(2,20)7-8-16-12-6-4-3-5-10(12)11(14(18)19)9-13(16)17/h3-6,9,20H,7-8H2,1-2H3,(H,18,19). The van der Waals surface area contributed by atoms with Crippen molar-refractivity contribution in [3.8, 4) is 0 Å². The minimum Gasteiger partial charge on any atom is -0.478 e. The number of aromatic carboxylic acids is 1. The van der Waals surface area contributed by atoms with E-state index in [0.717, 1.165) is 6.07 Å². The molecule has 0 spiro atoms. The summed E-state index contributed by atoms with van der Waals surface area (Å²) >= 11 is 0. The van der Waals surface area contributed by atoms with Gasteiger partial charge in [-0.3, -0.25) is 4.79 Å². The van der Waals surface area contributed by atoms with Gasteiger partial charge in [-0.05, 0) is 26.3 Å². The number of hydrogen-bond donors (Lipinski definition) is 2. The van der Waals surface area contributed by atoms with E-state index in [9.17, 15) is 14.7 Å². The van der Waals surface area contributed by atoms with Crippen molar-refractivity contribution in [2.75, 3.05) is 0 Å². The summed E-state index contributed by atoms with van der Waals surface area (Å²) in [5.74, 6) is -1.12. The van der Waals surface area contributed by atoms with Crippen molar-refractivity contribution in [1.82, 2.24) is 4.57 Å². The Labute approximate surface area is 116 Å². The maximum atomic E-state index is 12.1. The lowest BCUT2D eigenvalue weighted by Crippen LogP contribution is -2.27. The molecule has 0 amide bonds. The fraction of sp³-hybridized carbons (Fsp3) is 0.333. The second-order valence-corrected chi connectivity index (χ2v) is 5.43. The molecule has 0 bridgehead atoms. The smallest absolute Gasteiger partial charge is 0.336 e. The number of nitrogens with zero attached hydrogens (tertiary/aromatic N) is 1. The highest BCUT2D eigenvalue weighted by atomic mass is 16.4. The van der Waals surface area contributed by atoms with Crippen LogP contribution in [0.2, 0.25) is 0 Å². The first-order chi connectivity index (χ1) is 9.29. The molecule has 0 radical (unpaired) electrons. The fourth-order valence-electron chi connectivity index (χ4n) is 2.13. The van der Waals surface area contributed by atoms with E-state index < -0.39 is 11.6 Å². The average Bonchev–Trinajstić information content (AvgIpc) is 2.35. The highest BCUT2D eigenvalue weighted by molar-refractivity contribution is 6.02. The molecule has 0 aliphatic rings. The molecule has 0 saturated heterocycles. The predicted molar refractivity (Wildman–Crippen MR) is 76.1 cm³/mol. The van der Waals surface area contributed by atoms with Gasteiger partial charge in [0.25, 0.3) is 5.56 Å². The summed E-state index contributed by atoms with van der Waals surface area (Å²) in [5, 5.41) is 19.5. The topological polar surface area (TPSA) is 79.5 Å². The number of aryl methyl sites for hydroxylation is 1. The van der Waals surface area contributed by atoms with E-state index in [0.29, 0.717) is 23.9 Å². The molecule has 2 rings (SSSR count). The van der Waals surface area contributed by atoms with Crippen LogP contribution < -0.4 is 5.56 Å². The summed E-state index contributed by atoms with van der Waals surface area (Å²) in [6.07, 6.45) is 0.406. The number of carboxylic acid groups (broad SMARTS) is 1. The number of pyridine rings is 1. The highest BCUT2D eigenvalue weighted by Gasteiger charge is 2.16. The first-order valence-electron chi connectivity index (χ1n) is 6.38. The maximum absolute atomic E-state index is 12.1. The Balaban J connectivity index is 2.61. The van der Waals surface area contributed by atoms with Gasteiger partial charge in [0.1, 0.15) is 0 Å². The van der Waals surface area contributed by atoms with Gasteiger partial charge < -0.3 is 14.8 Å². The van der Waals surface area contributed by atoms with E-state index in [1.807, 2.05) is 0 Å². The lowest BCUT2D eigenvalue weighted by atomic mass is 10.0. The Morgan fingerprint density at radius 3 is 2.55 bits per heavy atom. The number of hydrogen-bond acceptors (Lipinski definition) is 3. The number of aromatic nitrogens is 1. The summed E-state index contributed by atoms with van der Waals surface area (Å²) in [5.41, 5.74) is -0.677. The van der Waals surface area contributed by atoms with Crippen molar-refractivity contribution in [3.63, 3.8) is 0 Å². The minimum atomic E-state index is -1.12. The number of carboxylic acids is 1. The second-order valence-electron chi connectivity index (χ2n) is 5.43. The summed E-state index contributed by atoms with van der Waals surface area (Å²) in [4.78, 5) is 23.3. The molecular formula is C15H17NO4. The minimum absolute atomic E-state index is 0.00473. The van der Waals surface area contributed by atoms with Crippen molar-refractivity contribution in [2.45, 2.75) is 32.4 Å². The third kappa shape index (κ3) is 2.88. The van der Waals surface area contributed by atoms with Crippen LogP contribution in [0.4, 0.5) is 0 Å². The van der Waals surface area contributed by atoms with Crippen molar-refractivity contribution in [1.29, 1.82) is 0 Å². The fourth-order valence-corrected chi connectivity index (χ4v) is 2.13. The number of para-hydroxylation sites is 1. The summed E-state index contributed by atoms with van der Waals surface area (Å²) < 4.78 is 1.50. The SMILES string of the molecule is CC(C)(O)CCn1c(=O)cc(C(=O)O)c2ccccc21. The second kappa shape index (κ2) is 5.09. The van der Waals surface area contributed by atoms with E-state index in [1.165, 1.54) is 4.57 Å². The Morgan fingerprint density at radius 2 is 1.95 bits per heavy atom. The zero-order valence-electron chi connectivity index (χ0n) is 11.5. The van der Waals surface area contributed by atoms with Crippen molar-refractivity contribution in [3.05, 3.63) is 46.2 Å². The van der Waals surface area contributed by atoms with E-state index >= 15 is 0 Å². The van der Waals surface area contributed by atoms with E-state index in [2.05, 4.69) is 0 Å². The van der Waals surface area contributed by atoms with Crippen LogP contribution >= 0.6 is 0 Å². The molecule has 20 heavy (non-hydrogen) atoms. The molecule has 5 heteroatoms. The average molecular weight is 275 g/mol. The number of fused-ring (bicyclic) bond motifs is 1. The monoisotopic (exact) mass is 275 g/mol. The molecular weight excluding hydrogens is 258 g/mol. The quantitative estimate of drug-likeness (QED) is 0.892. The maximum Gasteiger partial charge on any atom is 0.336 e. The summed E-state index contributed by atoms with van der Waals surface area (Å²) in [6, 6.07) is 8.02. The molecule has 2 N–H and O–H groups in total. The highest BCUT2D eigenvalue weighted by Crippen LogP contribution is 2.18. The Morgan fingerprint density at radius 1 is 1.30 bits per heavy atom. The first-order valence-corrected chi connectivity index (χ1v) is 6.38. The number of rotatable bonds is 4. The molecule has 1 aromatic heterocycles. The van der Waals surface area contributed by atoms with Crippen LogP contribution in [-0.4, -0.2) is 26.4 Å². The molecule has 0 aliphatic heterocycles. The summed E-state index contributed by atoms with van der Waals surface area (Å²) in [6.45, 7) is 3.68. The van der Waals surface area contributed by atoms with Crippen LogP contribution in [0.25, 0.3) is 10.9 Å². The molecule has 5 nitrogen and oxygen atoms in total. The third-order valence-corrected chi connectivity index (χ3v) is 3.20. The molecule has 0 unspecified atom stereocenters. The number of aliphatic hydroxyl groups is 1. The van der Waals surface area contributed by atoms with Crippen LogP contribution in [0.3, 0.4) is 0 Å². The Hall–Kier alpha value is -2.14. The van der Waals surface area contributed by atoms with Gasteiger partial charge in [0, 0.05) is 18.0 Å². The van der Waals surface area contributed by atoms with Gasteiger partial charge in [-0.15, -0.1) is 0 Å². The van der Waals surface area contributed by atoms with Gasteiger partial charge >= 0.3 is 5.97 Å². The van der Waals surface area contributed by atoms with Crippen LogP contribution in [0, 0.1) is 0 Å². The van der Waals surface area contributed by atoms with Gasteiger partial charge in [0.05, 0.1) is 16.7 Å². The van der Waals surface area contributed by atoms with Crippen LogP contribution in [0.1, 0.15) is 30.6 Å². The molecule has 0 saturated carbocycles. The summed E-state index contributed by atoms with van der Waals surface area (Å²) in [7, 11) is 0. The molecule has 1 aromatic carbocycles. The molecule has 0 fully saturated rings. The van der Waals surface area contributed by atoms with Crippen molar-refractivity contribution >= 4 is 16.9 Å². The lowest BCUT2D eigenvalue weighted by molar-refractivity contribution is 0.0658. The van der Waals surface area contributed by atoms with E-state index in [4.69, 9.17) is 5.11 Å². The van der Waals surface area contributed by atoms with Crippen LogP contribution in [0.15, 0.2) is 35.1 Å². The number of carbonyl (C=O) groups is 1. The van der Waals surface area contributed by atoms with Gasteiger partial charge in [-0.25, -0.2) is 4.79 Å². The number of benzene rings is 1. The van der Waals surface area contributed by atoms with Crippen molar-refractivity contribution < 1.29 is 15.0 Å². The first kappa shape index (κ1) is 14.3. The molecule has 1 heterocycles. The predicted octanol–water partition coefficient (Wildman–Crippen LogP) is 1.86. The van der Waals surface area contributed by atoms with Crippen LogP contribution in [-0.2, 0) is 6.54 Å². The zero-order chi connectivity index (χ0) is 14.9. The normalized spacial score (nSPS) is 11.8. The Bertz CT molecular complexity index is 710. The third-order valence-electron chi connectivity index (χ3n) is 3.20. The van der Waals surface area contributed by atoms with Gasteiger partial charge in [0.2, 0.25) is 0 Å². The van der Waals surface area contributed by atoms with E-state index in [1.54, 1.807) is 38.1 Å². The van der Waals surface area contributed by atoms with Gasteiger partial charge in [0.15, 0.2) is 0 Å². The molecule has 106 valence electrons. The Kier molecular flexibility index (Phi) is 3.63.